The van der Waals surface area contributed by atoms with Crippen LogP contribution in [0.2, 0.25) is 0 Å². The first-order valence-corrected chi connectivity index (χ1v) is 4.93. The van der Waals surface area contributed by atoms with Crippen molar-refractivity contribution in [1.82, 2.24) is 4.90 Å². The van der Waals surface area contributed by atoms with Gasteiger partial charge in [0.1, 0.15) is 0 Å². The molecule has 4 nitrogen and oxygen atoms in total. The Balaban J connectivity index is 2.02. The number of rotatable bonds is 1. The second-order valence-corrected chi connectivity index (χ2v) is 3.92. The summed E-state index contributed by atoms with van der Waals surface area (Å²) in [6.07, 6.45) is 3.49. The average molecular weight is 193 g/mol. The Labute approximate surface area is 81.5 Å². The lowest BCUT2D eigenvalue weighted by atomic mass is 9.85. The lowest BCUT2D eigenvalue weighted by molar-refractivity contribution is -0.142. The standard InChI is InChI=1S/C10H11NO3/c1-2-11-9(12)7-5-3-4-6(14-5)8(7)10(11)13/h3-8H,2H2,1H3. The number of amides is 2. The van der Waals surface area contributed by atoms with Crippen LogP contribution in [0.4, 0.5) is 0 Å². The molecule has 0 spiro atoms. The van der Waals surface area contributed by atoms with Gasteiger partial charge in [0.2, 0.25) is 11.8 Å². The molecular formula is C10H11NO3. The van der Waals surface area contributed by atoms with Crippen LogP contribution in [0, 0.1) is 11.8 Å². The molecule has 3 rings (SSSR count). The van der Waals surface area contributed by atoms with Crippen molar-refractivity contribution in [3.63, 3.8) is 0 Å². The van der Waals surface area contributed by atoms with E-state index in [1.807, 2.05) is 19.1 Å². The number of ether oxygens (including phenoxy) is 1. The highest BCUT2D eigenvalue weighted by Gasteiger charge is 2.60. The molecule has 0 radical (unpaired) electrons. The highest BCUT2D eigenvalue weighted by Crippen LogP contribution is 2.44. The SMILES string of the molecule is CCN1C(=O)C2C3C=CC(O3)C2C1=O. The molecule has 0 aromatic rings. The second kappa shape index (κ2) is 2.45. The molecule has 3 aliphatic rings. The van der Waals surface area contributed by atoms with E-state index in [1.54, 1.807) is 0 Å². The predicted octanol–water partition coefficient (Wildman–Crippen LogP) is -0.0553. The van der Waals surface area contributed by atoms with Crippen molar-refractivity contribution in [3.05, 3.63) is 12.2 Å². The number of hydrogen-bond donors (Lipinski definition) is 0. The number of hydrogen-bond acceptors (Lipinski definition) is 3. The molecule has 4 atom stereocenters. The van der Waals surface area contributed by atoms with Crippen molar-refractivity contribution in [2.24, 2.45) is 11.8 Å². The highest BCUT2D eigenvalue weighted by molar-refractivity contribution is 6.06. The molecule has 0 aromatic heterocycles. The molecule has 14 heavy (non-hydrogen) atoms. The molecule has 4 unspecified atom stereocenters. The molecule has 0 aliphatic carbocycles. The zero-order valence-corrected chi connectivity index (χ0v) is 7.84. The van der Waals surface area contributed by atoms with Crippen LogP contribution >= 0.6 is 0 Å². The lowest BCUT2D eigenvalue weighted by Crippen LogP contribution is -2.34. The lowest BCUT2D eigenvalue weighted by Gasteiger charge is -2.14. The number of fused-ring (bicyclic) bond motifs is 5. The number of likely N-dealkylation sites (tertiary alicyclic amines) is 1. The molecule has 3 aliphatic heterocycles. The molecule has 2 saturated heterocycles. The van der Waals surface area contributed by atoms with E-state index in [0.717, 1.165) is 0 Å². The van der Waals surface area contributed by atoms with Gasteiger partial charge in [-0.1, -0.05) is 12.2 Å². The summed E-state index contributed by atoms with van der Waals surface area (Å²) < 4.78 is 5.49. The molecule has 0 saturated carbocycles. The molecule has 0 N–H and O–H groups in total. The summed E-state index contributed by atoms with van der Waals surface area (Å²) in [7, 11) is 0. The zero-order valence-electron chi connectivity index (χ0n) is 7.84. The molecule has 74 valence electrons. The van der Waals surface area contributed by atoms with E-state index in [2.05, 4.69) is 0 Å². The second-order valence-electron chi connectivity index (χ2n) is 3.92. The van der Waals surface area contributed by atoms with Gasteiger partial charge in [0.25, 0.3) is 0 Å². The Kier molecular flexibility index (Phi) is 1.43. The van der Waals surface area contributed by atoms with Gasteiger partial charge in [-0.15, -0.1) is 0 Å². The molecule has 2 fully saturated rings. The number of carbonyl (C=O) groups is 2. The van der Waals surface area contributed by atoms with E-state index < -0.39 is 0 Å². The first kappa shape index (κ1) is 8.17. The maximum atomic E-state index is 11.8. The monoisotopic (exact) mass is 193 g/mol. The van der Waals surface area contributed by atoms with Gasteiger partial charge in [-0.05, 0) is 6.92 Å². The molecule has 2 bridgehead atoms. The first-order valence-electron chi connectivity index (χ1n) is 4.93. The third-order valence-corrected chi connectivity index (χ3v) is 3.32. The number of nitrogens with zero attached hydrogens (tertiary/aromatic N) is 1. The number of imide groups is 1. The molecule has 0 aromatic carbocycles. The normalized spacial score (nSPS) is 43.9. The van der Waals surface area contributed by atoms with Crippen LogP contribution in [0.1, 0.15) is 6.92 Å². The Bertz CT molecular complexity index is 319. The van der Waals surface area contributed by atoms with Gasteiger partial charge < -0.3 is 4.74 Å². The van der Waals surface area contributed by atoms with E-state index in [4.69, 9.17) is 4.74 Å². The van der Waals surface area contributed by atoms with Gasteiger partial charge in [-0.25, -0.2) is 0 Å². The number of carbonyl (C=O) groups excluding carboxylic acids is 2. The average Bonchev–Trinajstić information content (AvgIpc) is 2.80. The van der Waals surface area contributed by atoms with Crippen molar-refractivity contribution in [3.8, 4) is 0 Å². The zero-order chi connectivity index (χ0) is 9.87. The third kappa shape index (κ3) is 0.733. The van der Waals surface area contributed by atoms with Crippen LogP contribution in [-0.4, -0.2) is 35.5 Å². The molecule has 3 heterocycles. The Morgan fingerprint density at radius 3 is 2.14 bits per heavy atom. The summed E-state index contributed by atoms with van der Waals surface area (Å²) in [5.74, 6) is -0.589. The largest absolute Gasteiger partial charge is 0.365 e. The van der Waals surface area contributed by atoms with E-state index >= 15 is 0 Å². The Hall–Kier alpha value is -1.16. The summed E-state index contributed by atoms with van der Waals surface area (Å²) in [5, 5.41) is 0. The van der Waals surface area contributed by atoms with Gasteiger partial charge >= 0.3 is 0 Å². The van der Waals surface area contributed by atoms with Gasteiger partial charge in [-0.2, -0.15) is 0 Å². The fourth-order valence-corrected chi connectivity index (χ4v) is 2.68. The maximum absolute atomic E-state index is 11.8. The molecular weight excluding hydrogens is 182 g/mol. The Morgan fingerprint density at radius 1 is 1.21 bits per heavy atom. The van der Waals surface area contributed by atoms with Crippen LogP contribution in [0.15, 0.2) is 12.2 Å². The quantitative estimate of drug-likeness (QED) is 0.433. The fraction of sp³-hybridized carbons (Fsp3) is 0.600. The van der Waals surface area contributed by atoms with Crippen LogP contribution in [0.5, 0.6) is 0 Å². The van der Waals surface area contributed by atoms with Crippen molar-refractivity contribution >= 4 is 11.8 Å². The van der Waals surface area contributed by atoms with Crippen molar-refractivity contribution in [1.29, 1.82) is 0 Å². The van der Waals surface area contributed by atoms with Gasteiger partial charge in [0.15, 0.2) is 0 Å². The van der Waals surface area contributed by atoms with Crippen molar-refractivity contribution in [2.45, 2.75) is 19.1 Å². The summed E-state index contributed by atoms with van der Waals surface area (Å²) in [6.45, 7) is 2.30. The highest BCUT2D eigenvalue weighted by atomic mass is 16.5. The van der Waals surface area contributed by atoms with E-state index in [9.17, 15) is 9.59 Å². The van der Waals surface area contributed by atoms with Crippen LogP contribution in [-0.2, 0) is 14.3 Å². The molecule has 4 heteroatoms. The smallest absolute Gasteiger partial charge is 0.236 e. The van der Waals surface area contributed by atoms with E-state index in [-0.39, 0.29) is 35.9 Å². The van der Waals surface area contributed by atoms with E-state index in [0.29, 0.717) is 6.54 Å². The summed E-state index contributed by atoms with van der Waals surface area (Å²) in [4.78, 5) is 25.0. The van der Waals surface area contributed by atoms with Crippen LogP contribution in [0.25, 0.3) is 0 Å². The minimum atomic E-state index is -0.238. The first-order chi connectivity index (χ1) is 6.74. The Morgan fingerprint density at radius 2 is 1.71 bits per heavy atom. The van der Waals surface area contributed by atoms with Crippen molar-refractivity contribution < 1.29 is 14.3 Å². The van der Waals surface area contributed by atoms with Gasteiger partial charge in [0, 0.05) is 6.54 Å². The summed E-state index contributed by atoms with van der Waals surface area (Å²) in [5.41, 5.74) is 0. The minimum Gasteiger partial charge on any atom is -0.365 e. The van der Waals surface area contributed by atoms with Gasteiger partial charge in [-0.3, -0.25) is 14.5 Å². The van der Waals surface area contributed by atoms with Crippen molar-refractivity contribution in [2.75, 3.05) is 6.54 Å². The van der Waals surface area contributed by atoms with Crippen LogP contribution < -0.4 is 0 Å². The predicted molar refractivity (Wildman–Crippen MR) is 47.2 cm³/mol. The summed E-state index contributed by atoms with van der Waals surface area (Å²) in [6, 6.07) is 0. The van der Waals surface area contributed by atoms with E-state index in [1.165, 1.54) is 4.90 Å². The topological polar surface area (TPSA) is 46.6 Å². The minimum absolute atomic E-state index is 0.0562. The summed E-state index contributed by atoms with van der Waals surface area (Å²) >= 11 is 0. The van der Waals surface area contributed by atoms with Gasteiger partial charge in [0.05, 0.1) is 24.0 Å². The maximum Gasteiger partial charge on any atom is 0.236 e. The molecule has 2 amide bonds. The van der Waals surface area contributed by atoms with Crippen LogP contribution in [0.3, 0.4) is 0 Å². The fourth-order valence-electron chi connectivity index (χ4n) is 2.68. The third-order valence-electron chi connectivity index (χ3n) is 3.32.